The number of anilines is 4. The van der Waals surface area contributed by atoms with Crippen molar-refractivity contribution in [3.8, 4) is 11.5 Å². The summed E-state index contributed by atoms with van der Waals surface area (Å²) >= 11 is 0. The molecule has 1 aliphatic heterocycles. The number of carbonyl (C=O) groups is 1. The van der Waals surface area contributed by atoms with E-state index < -0.39 is 0 Å². The Morgan fingerprint density at radius 3 is 1.66 bits per heavy atom. The zero-order valence-corrected chi connectivity index (χ0v) is 18.2. The van der Waals surface area contributed by atoms with Crippen LogP contribution in [0.15, 0.2) is 36.4 Å². The van der Waals surface area contributed by atoms with Crippen LogP contribution in [0.3, 0.4) is 0 Å². The van der Waals surface area contributed by atoms with Crippen molar-refractivity contribution in [3.05, 3.63) is 36.4 Å². The van der Waals surface area contributed by atoms with Gasteiger partial charge in [-0.2, -0.15) is 0 Å². The van der Waals surface area contributed by atoms with Gasteiger partial charge >= 0.3 is 6.03 Å². The molecule has 3 rings (SSSR count). The van der Waals surface area contributed by atoms with Gasteiger partial charge in [-0.3, -0.25) is 4.90 Å². The lowest BCUT2D eigenvalue weighted by atomic mass is 10.1. The number of carbonyl (C=O) groups excluding carboxylic acids is 1. The van der Waals surface area contributed by atoms with Crippen LogP contribution in [0.1, 0.15) is 34.6 Å². The molecule has 6 nitrogen and oxygen atoms in total. The molecule has 29 heavy (non-hydrogen) atoms. The Bertz CT molecular complexity index is 798. The van der Waals surface area contributed by atoms with E-state index in [9.17, 15) is 4.79 Å². The predicted molar refractivity (Wildman–Crippen MR) is 121 cm³/mol. The van der Waals surface area contributed by atoms with Crippen molar-refractivity contribution in [3.63, 3.8) is 0 Å². The van der Waals surface area contributed by atoms with E-state index in [4.69, 9.17) is 4.74 Å². The Morgan fingerprint density at radius 2 is 1.28 bits per heavy atom. The molecule has 2 aromatic rings. The molecular formula is C23H32N4O2. The number of benzene rings is 2. The first-order chi connectivity index (χ1) is 14.1. The third-order valence-electron chi connectivity index (χ3n) is 5.38. The van der Waals surface area contributed by atoms with Crippen molar-refractivity contribution in [2.24, 2.45) is 0 Å². The average molecular weight is 397 g/mol. The second kappa shape index (κ2) is 9.07. The Labute approximate surface area is 174 Å². The lowest BCUT2D eigenvalue weighted by Gasteiger charge is -2.33. The molecule has 0 aliphatic carbocycles. The molecule has 0 bridgehead atoms. The molecule has 0 atom stereocenters. The first-order valence-corrected chi connectivity index (χ1v) is 10.6. The molecular weight excluding hydrogens is 364 g/mol. The molecule has 1 N–H and O–H groups in total. The van der Waals surface area contributed by atoms with Gasteiger partial charge in [-0.25, -0.2) is 4.79 Å². The molecule has 0 aromatic heterocycles. The van der Waals surface area contributed by atoms with E-state index in [1.165, 1.54) is 0 Å². The number of amides is 2. The van der Waals surface area contributed by atoms with Crippen molar-refractivity contribution < 1.29 is 9.53 Å². The largest absolute Gasteiger partial charge is 0.453 e. The van der Waals surface area contributed by atoms with Gasteiger partial charge in [0, 0.05) is 56.2 Å². The van der Waals surface area contributed by atoms with Crippen molar-refractivity contribution in [1.82, 2.24) is 5.32 Å². The van der Waals surface area contributed by atoms with Crippen LogP contribution < -0.4 is 24.8 Å². The maximum atomic E-state index is 12.9. The van der Waals surface area contributed by atoms with Crippen molar-refractivity contribution in [2.75, 3.05) is 47.4 Å². The molecule has 1 heterocycles. The fraction of sp³-hybridized carbons (Fsp3) is 0.435. The fourth-order valence-electron chi connectivity index (χ4n) is 3.81. The van der Waals surface area contributed by atoms with Crippen LogP contribution in [0, 0.1) is 0 Å². The van der Waals surface area contributed by atoms with Gasteiger partial charge in [0.1, 0.15) is 0 Å². The van der Waals surface area contributed by atoms with E-state index in [0.29, 0.717) is 18.0 Å². The first kappa shape index (κ1) is 20.8. The second-order valence-corrected chi connectivity index (χ2v) is 6.92. The summed E-state index contributed by atoms with van der Waals surface area (Å²) in [6.45, 7) is 14.7. The molecule has 156 valence electrons. The molecule has 2 amide bonds. The van der Waals surface area contributed by atoms with Crippen LogP contribution >= 0.6 is 0 Å². The zero-order chi connectivity index (χ0) is 21.0. The summed E-state index contributed by atoms with van der Waals surface area (Å²) in [6.07, 6.45) is 0. The monoisotopic (exact) mass is 396 g/mol. The van der Waals surface area contributed by atoms with Gasteiger partial charge < -0.3 is 19.9 Å². The van der Waals surface area contributed by atoms with Crippen molar-refractivity contribution in [1.29, 1.82) is 0 Å². The highest BCUT2D eigenvalue weighted by Gasteiger charge is 2.30. The third-order valence-corrected chi connectivity index (χ3v) is 5.38. The number of rotatable bonds is 7. The SMILES string of the molecule is CCNC(=O)N1c2ccc(N(CC)CC)cc2Oc2cc(N(CC)CC)ccc21. The maximum absolute atomic E-state index is 12.9. The molecule has 0 saturated heterocycles. The lowest BCUT2D eigenvalue weighted by Crippen LogP contribution is -2.38. The van der Waals surface area contributed by atoms with Crippen LogP contribution in [0.25, 0.3) is 0 Å². The van der Waals surface area contributed by atoms with E-state index in [1.54, 1.807) is 4.90 Å². The Balaban J connectivity index is 2.09. The van der Waals surface area contributed by atoms with Gasteiger partial charge in [-0.15, -0.1) is 0 Å². The van der Waals surface area contributed by atoms with E-state index in [1.807, 2.05) is 31.2 Å². The van der Waals surface area contributed by atoms with Gasteiger partial charge in [-0.05, 0) is 58.9 Å². The minimum Gasteiger partial charge on any atom is -0.453 e. The normalized spacial score (nSPS) is 12.0. The fourth-order valence-corrected chi connectivity index (χ4v) is 3.81. The number of ether oxygens (including phenoxy) is 1. The molecule has 0 spiro atoms. The minimum absolute atomic E-state index is 0.149. The van der Waals surface area contributed by atoms with Gasteiger partial charge in [-0.1, -0.05) is 0 Å². The lowest BCUT2D eigenvalue weighted by molar-refractivity contribution is 0.248. The Morgan fingerprint density at radius 1 is 0.828 bits per heavy atom. The molecule has 0 saturated carbocycles. The summed E-state index contributed by atoms with van der Waals surface area (Å²) in [5, 5.41) is 2.93. The van der Waals surface area contributed by atoms with Crippen LogP contribution in [0.5, 0.6) is 11.5 Å². The van der Waals surface area contributed by atoms with Gasteiger partial charge in [0.25, 0.3) is 0 Å². The molecule has 0 unspecified atom stereocenters. The van der Waals surface area contributed by atoms with Crippen molar-refractivity contribution >= 4 is 28.8 Å². The third kappa shape index (κ3) is 3.97. The summed E-state index contributed by atoms with van der Waals surface area (Å²) in [5.74, 6) is 1.40. The molecule has 2 aromatic carbocycles. The number of nitrogens with zero attached hydrogens (tertiary/aromatic N) is 3. The summed E-state index contributed by atoms with van der Waals surface area (Å²) in [5.41, 5.74) is 3.70. The van der Waals surface area contributed by atoms with E-state index >= 15 is 0 Å². The Hall–Kier alpha value is -2.89. The molecule has 6 heteroatoms. The van der Waals surface area contributed by atoms with Gasteiger partial charge in [0.15, 0.2) is 11.5 Å². The first-order valence-electron chi connectivity index (χ1n) is 10.6. The van der Waals surface area contributed by atoms with Crippen LogP contribution in [-0.4, -0.2) is 38.8 Å². The van der Waals surface area contributed by atoms with E-state index in [2.05, 4.69) is 54.9 Å². The predicted octanol–water partition coefficient (Wildman–Crippen LogP) is 5.35. The zero-order valence-electron chi connectivity index (χ0n) is 18.2. The maximum Gasteiger partial charge on any atom is 0.326 e. The van der Waals surface area contributed by atoms with Crippen LogP contribution in [0.2, 0.25) is 0 Å². The number of urea groups is 1. The van der Waals surface area contributed by atoms with Crippen LogP contribution in [-0.2, 0) is 0 Å². The Kier molecular flexibility index (Phi) is 6.52. The second-order valence-electron chi connectivity index (χ2n) is 6.92. The number of fused-ring (bicyclic) bond motifs is 2. The number of hydrogen-bond donors (Lipinski definition) is 1. The van der Waals surface area contributed by atoms with Crippen molar-refractivity contribution in [2.45, 2.75) is 34.6 Å². The standard InChI is InChI=1S/C23H32N4O2/c1-6-24-23(28)27-19-13-11-17(25(7-2)8-3)15-21(19)29-22-16-18(12-14-20(22)27)26(9-4)10-5/h11-16H,6-10H2,1-5H3,(H,24,28). The van der Waals surface area contributed by atoms with Gasteiger partial charge in [0.2, 0.25) is 0 Å². The summed E-state index contributed by atoms with van der Waals surface area (Å²) in [4.78, 5) is 19.2. The summed E-state index contributed by atoms with van der Waals surface area (Å²) in [7, 11) is 0. The smallest absolute Gasteiger partial charge is 0.326 e. The highest BCUT2D eigenvalue weighted by molar-refractivity contribution is 6.04. The highest BCUT2D eigenvalue weighted by Crippen LogP contribution is 2.49. The van der Waals surface area contributed by atoms with Crippen LogP contribution in [0.4, 0.5) is 27.5 Å². The molecule has 0 radical (unpaired) electrons. The number of hydrogen-bond acceptors (Lipinski definition) is 4. The quantitative estimate of drug-likeness (QED) is 0.685. The molecule has 0 fully saturated rings. The van der Waals surface area contributed by atoms with Gasteiger partial charge in [0.05, 0.1) is 11.4 Å². The molecule has 1 aliphatic rings. The highest BCUT2D eigenvalue weighted by atomic mass is 16.5. The summed E-state index contributed by atoms with van der Waals surface area (Å²) < 4.78 is 6.32. The summed E-state index contributed by atoms with van der Waals surface area (Å²) in [6, 6.07) is 12.0. The average Bonchev–Trinajstić information content (AvgIpc) is 2.73. The minimum atomic E-state index is -0.149. The van der Waals surface area contributed by atoms with E-state index in [-0.39, 0.29) is 6.03 Å². The van der Waals surface area contributed by atoms with E-state index in [0.717, 1.165) is 48.9 Å². The number of nitrogens with one attached hydrogen (secondary N) is 1. The topological polar surface area (TPSA) is 48.1 Å².